The van der Waals surface area contributed by atoms with Gasteiger partial charge in [0.2, 0.25) is 0 Å². The van der Waals surface area contributed by atoms with Crippen LogP contribution in [0.2, 0.25) is 0 Å². The third-order valence-corrected chi connectivity index (χ3v) is 3.39. The highest BCUT2D eigenvalue weighted by atomic mass is 16.3. The lowest BCUT2D eigenvalue weighted by Gasteiger charge is -2.02. The van der Waals surface area contributed by atoms with Crippen molar-refractivity contribution in [1.82, 2.24) is 0 Å². The zero-order chi connectivity index (χ0) is 12.7. The van der Waals surface area contributed by atoms with E-state index in [1.807, 2.05) is 24.3 Å². The van der Waals surface area contributed by atoms with Crippen LogP contribution in [0, 0.1) is 13.8 Å². The standard InChI is InChI=1S/C16H15NO/c1-10-8-13-14(9-11(10)2)18-16(17)15(13)12-6-4-3-5-7-12/h3-9H,17H2,1-2H3. The second kappa shape index (κ2) is 3.91. The molecule has 0 saturated carbocycles. The van der Waals surface area contributed by atoms with Gasteiger partial charge in [-0.15, -0.1) is 0 Å². The Hall–Kier alpha value is -2.22. The summed E-state index contributed by atoms with van der Waals surface area (Å²) in [5.41, 5.74) is 11.4. The molecular weight excluding hydrogens is 222 g/mol. The smallest absolute Gasteiger partial charge is 0.199 e. The predicted molar refractivity (Wildman–Crippen MR) is 75.5 cm³/mol. The van der Waals surface area contributed by atoms with Crippen LogP contribution in [-0.4, -0.2) is 0 Å². The summed E-state index contributed by atoms with van der Waals surface area (Å²) < 4.78 is 5.67. The summed E-state index contributed by atoms with van der Waals surface area (Å²) in [6, 6.07) is 14.3. The first-order valence-electron chi connectivity index (χ1n) is 6.01. The van der Waals surface area contributed by atoms with Gasteiger partial charge in [0.25, 0.3) is 0 Å². The van der Waals surface area contributed by atoms with Crippen LogP contribution in [0.15, 0.2) is 46.9 Å². The average Bonchev–Trinajstić information content (AvgIpc) is 2.66. The minimum Gasteiger partial charge on any atom is -0.440 e. The lowest BCUT2D eigenvalue weighted by Crippen LogP contribution is -1.85. The maximum absolute atomic E-state index is 6.02. The lowest BCUT2D eigenvalue weighted by atomic mass is 10.0. The molecule has 2 aromatic carbocycles. The minimum absolute atomic E-state index is 0.487. The second-order valence-electron chi connectivity index (χ2n) is 4.64. The molecule has 1 heterocycles. The first-order valence-corrected chi connectivity index (χ1v) is 6.01. The van der Waals surface area contributed by atoms with Crippen molar-refractivity contribution in [2.24, 2.45) is 0 Å². The average molecular weight is 237 g/mol. The van der Waals surface area contributed by atoms with Crippen LogP contribution in [0.5, 0.6) is 0 Å². The van der Waals surface area contributed by atoms with Gasteiger partial charge in [0, 0.05) is 5.39 Å². The van der Waals surface area contributed by atoms with Gasteiger partial charge in [-0.25, -0.2) is 0 Å². The fourth-order valence-electron chi connectivity index (χ4n) is 2.27. The largest absolute Gasteiger partial charge is 0.440 e. The zero-order valence-corrected chi connectivity index (χ0v) is 10.5. The Morgan fingerprint density at radius 3 is 2.33 bits per heavy atom. The Labute approximate surface area is 106 Å². The normalized spacial score (nSPS) is 11.0. The molecule has 0 radical (unpaired) electrons. The van der Waals surface area contributed by atoms with Crippen molar-refractivity contribution < 1.29 is 4.42 Å². The molecule has 3 rings (SSSR count). The molecule has 0 aliphatic heterocycles. The highest BCUT2D eigenvalue weighted by Gasteiger charge is 2.14. The van der Waals surface area contributed by atoms with Gasteiger partial charge < -0.3 is 10.2 Å². The second-order valence-corrected chi connectivity index (χ2v) is 4.64. The van der Waals surface area contributed by atoms with E-state index in [2.05, 4.69) is 32.0 Å². The van der Waals surface area contributed by atoms with Gasteiger partial charge in [0.05, 0.1) is 5.56 Å². The highest BCUT2D eigenvalue weighted by molar-refractivity contribution is 6.00. The van der Waals surface area contributed by atoms with Crippen LogP contribution < -0.4 is 5.73 Å². The quantitative estimate of drug-likeness (QED) is 0.685. The summed E-state index contributed by atoms with van der Waals surface area (Å²) in [5, 5.41) is 1.09. The summed E-state index contributed by atoms with van der Waals surface area (Å²) >= 11 is 0. The molecule has 3 aromatic rings. The number of fused-ring (bicyclic) bond motifs is 1. The van der Waals surface area contributed by atoms with Crippen molar-refractivity contribution >= 4 is 16.9 Å². The molecular formula is C16H15NO. The van der Waals surface area contributed by atoms with Crippen LogP contribution >= 0.6 is 0 Å². The topological polar surface area (TPSA) is 39.2 Å². The molecule has 2 N–H and O–H groups in total. The SMILES string of the molecule is Cc1cc2oc(N)c(-c3ccccc3)c2cc1C. The molecule has 0 fully saturated rings. The molecule has 1 aromatic heterocycles. The number of nitrogens with two attached hydrogens (primary N) is 1. The fraction of sp³-hybridized carbons (Fsp3) is 0.125. The van der Waals surface area contributed by atoms with E-state index in [9.17, 15) is 0 Å². The number of furan rings is 1. The molecule has 0 saturated heterocycles. The van der Waals surface area contributed by atoms with Crippen LogP contribution in [0.4, 0.5) is 5.88 Å². The summed E-state index contributed by atoms with van der Waals surface area (Å²) in [6.07, 6.45) is 0. The van der Waals surface area contributed by atoms with Crippen LogP contribution in [0.3, 0.4) is 0 Å². The molecule has 90 valence electrons. The molecule has 0 bridgehead atoms. The molecule has 2 nitrogen and oxygen atoms in total. The number of rotatable bonds is 1. The molecule has 0 atom stereocenters. The van der Waals surface area contributed by atoms with Crippen molar-refractivity contribution in [3.8, 4) is 11.1 Å². The van der Waals surface area contributed by atoms with E-state index in [1.165, 1.54) is 11.1 Å². The van der Waals surface area contributed by atoms with E-state index in [0.717, 1.165) is 22.1 Å². The molecule has 0 aliphatic carbocycles. The number of hydrogen-bond donors (Lipinski definition) is 1. The third-order valence-electron chi connectivity index (χ3n) is 3.39. The maximum atomic E-state index is 6.02. The lowest BCUT2D eigenvalue weighted by molar-refractivity contribution is 0.638. The Balaban J connectivity index is 2.36. The maximum Gasteiger partial charge on any atom is 0.199 e. The van der Waals surface area contributed by atoms with Gasteiger partial charge in [-0.3, -0.25) is 0 Å². The predicted octanol–water partition coefficient (Wildman–Crippen LogP) is 4.30. The van der Waals surface area contributed by atoms with E-state index in [0.29, 0.717) is 5.88 Å². The van der Waals surface area contributed by atoms with E-state index in [1.54, 1.807) is 0 Å². The number of aryl methyl sites for hydroxylation is 2. The van der Waals surface area contributed by atoms with Crippen LogP contribution in [-0.2, 0) is 0 Å². The van der Waals surface area contributed by atoms with Gasteiger partial charge in [-0.05, 0) is 42.7 Å². The number of benzene rings is 2. The molecule has 0 amide bonds. The fourth-order valence-corrected chi connectivity index (χ4v) is 2.27. The highest BCUT2D eigenvalue weighted by Crippen LogP contribution is 2.37. The summed E-state index contributed by atoms with van der Waals surface area (Å²) in [4.78, 5) is 0. The minimum atomic E-state index is 0.487. The number of hydrogen-bond acceptors (Lipinski definition) is 2. The monoisotopic (exact) mass is 237 g/mol. The Morgan fingerprint density at radius 1 is 0.944 bits per heavy atom. The van der Waals surface area contributed by atoms with E-state index in [4.69, 9.17) is 10.2 Å². The van der Waals surface area contributed by atoms with Gasteiger partial charge in [-0.2, -0.15) is 0 Å². The third kappa shape index (κ3) is 1.58. The Morgan fingerprint density at radius 2 is 1.61 bits per heavy atom. The van der Waals surface area contributed by atoms with E-state index >= 15 is 0 Å². The van der Waals surface area contributed by atoms with Crippen LogP contribution in [0.1, 0.15) is 11.1 Å². The number of nitrogen functional groups attached to an aromatic ring is 1. The molecule has 2 heteroatoms. The molecule has 18 heavy (non-hydrogen) atoms. The van der Waals surface area contributed by atoms with E-state index < -0.39 is 0 Å². The van der Waals surface area contributed by atoms with Crippen molar-refractivity contribution in [2.75, 3.05) is 5.73 Å². The van der Waals surface area contributed by atoms with Gasteiger partial charge in [-0.1, -0.05) is 30.3 Å². The zero-order valence-electron chi connectivity index (χ0n) is 10.5. The summed E-state index contributed by atoms with van der Waals surface area (Å²) in [6.45, 7) is 4.18. The molecule has 0 spiro atoms. The first kappa shape index (κ1) is 10.9. The van der Waals surface area contributed by atoms with Crippen LogP contribution in [0.25, 0.3) is 22.1 Å². The van der Waals surface area contributed by atoms with E-state index in [-0.39, 0.29) is 0 Å². The van der Waals surface area contributed by atoms with Crippen molar-refractivity contribution in [2.45, 2.75) is 13.8 Å². The Kier molecular flexibility index (Phi) is 2.37. The Bertz CT molecular complexity index is 711. The molecule has 0 unspecified atom stereocenters. The number of anilines is 1. The molecule has 0 aliphatic rings. The van der Waals surface area contributed by atoms with Gasteiger partial charge in [0.15, 0.2) is 5.88 Å². The van der Waals surface area contributed by atoms with Crippen molar-refractivity contribution in [3.05, 3.63) is 53.6 Å². The first-order chi connectivity index (χ1) is 8.66. The van der Waals surface area contributed by atoms with Crippen molar-refractivity contribution in [3.63, 3.8) is 0 Å². The van der Waals surface area contributed by atoms with Gasteiger partial charge >= 0.3 is 0 Å². The summed E-state index contributed by atoms with van der Waals surface area (Å²) in [5.74, 6) is 0.487. The van der Waals surface area contributed by atoms with Crippen molar-refractivity contribution in [1.29, 1.82) is 0 Å². The van der Waals surface area contributed by atoms with Gasteiger partial charge in [0.1, 0.15) is 5.58 Å². The summed E-state index contributed by atoms with van der Waals surface area (Å²) in [7, 11) is 0.